The zero-order valence-corrected chi connectivity index (χ0v) is 13.6. The van der Waals surface area contributed by atoms with E-state index in [4.69, 9.17) is 0 Å². The molecule has 0 aliphatic carbocycles. The van der Waals surface area contributed by atoms with E-state index in [0.29, 0.717) is 17.4 Å². The van der Waals surface area contributed by atoms with E-state index < -0.39 is 38.3 Å². The maximum atomic E-state index is 12.9. The van der Waals surface area contributed by atoms with Crippen LogP contribution in [0.5, 0.6) is 0 Å². The van der Waals surface area contributed by atoms with Gasteiger partial charge < -0.3 is 4.90 Å². The van der Waals surface area contributed by atoms with E-state index in [1.165, 1.54) is 4.90 Å². The number of piperidine rings is 1. The number of aryl methyl sites for hydroxylation is 1. The number of hydrogen-bond acceptors (Lipinski definition) is 4. The Morgan fingerprint density at radius 3 is 2.61 bits per heavy atom. The summed E-state index contributed by atoms with van der Waals surface area (Å²) < 4.78 is 64.1. The molecule has 0 radical (unpaired) electrons. The molecule has 130 valence electrons. The Hall–Kier alpha value is -1.58. The minimum Gasteiger partial charge on any atom is -0.339 e. The molecule has 1 aliphatic rings. The third-order valence-corrected chi connectivity index (χ3v) is 5.62. The fourth-order valence-corrected chi connectivity index (χ4v) is 4.35. The molecule has 1 unspecified atom stereocenters. The van der Waals surface area contributed by atoms with Crippen LogP contribution in [0.1, 0.15) is 31.7 Å². The summed E-state index contributed by atoms with van der Waals surface area (Å²) in [6, 6.07) is -0.111. The van der Waals surface area contributed by atoms with Crippen LogP contribution in [0.25, 0.3) is 0 Å². The fourth-order valence-electron chi connectivity index (χ4n) is 2.77. The zero-order valence-electron chi connectivity index (χ0n) is 12.8. The van der Waals surface area contributed by atoms with Crippen LogP contribution in [0, 0.1) is 0 Å². The van der Waals surface area contributed by atoms with Gasteiger partial charge in [-0.3, -0.25) is 9.48 Å². The topological polar surface area (TPSA) is 72.3 Å². The molecule has 1 aromatic heterocycles. The summed E-state index contributed by atoms with van der Waals surface area (Å²) in [4.78, 5) is 13.6. The molecule has 23 heavy (non-hydrogen) atoms. The van der Waals surface area contributed by atoms with Gasteiger partial charge >= 0.3 is 6.18 Å². The van der Waals surface area contributed by atoms with Crippen molar-refractivity contribution in [3.05, 3.63) is 11.8 Å². The fraction of sp³-hybridized carbons (Fsp3) is 0.692. The summed E-state index contributed by atoms with van der Waals surface area (Å²) in [5.74, 6) is -1.66. The number of aromatic nitrogens is 2. The summed E-state index contributed by atoms with van der Waals surface area (Å²) in [5.41, 5.74) is -1.35. The number of hydrogen-bond donors (Lipinski definition) is 0. The van der Waals surface area contributed by atoms with E-state index >= 15 is 0 Å². The minimum atomic E-state index is -4.85. The van der Waals surface area contributed by atoms with Gasteiger partial charge in [-0.1, -0.05) is 0 Å². The lowest BCUT2D eigenvalue weighted by molar-refractivity contribution is -0.140. The van der Waals surface area contributed by atoms with Gasteiger partial charge in [-0.05, 0) is 26.2 Å². The summed E-state index contributed by atoms with van der Waals surface area (Å²) in [7, 11) is -3.34. The number of halogens is 3. The number of likely N-dealkylation sites (tertiary alicyclic amines) is 1. The van der Waals surface area contributed by atoms with Crippen LogP contribution >= 0.6 is 0 Å². The molecule has 0 spiro atoms. The Labute approximate surface area is 132 Å². The van der Waals surface area contributed by atoms with Crippen molar-refractivity contribution in [2.75, 3.05) is 12.3 Å². The summed E-state index contributed by atoms with van der Waals surface area (Å²) in [5, 5.41) is 2.41. The third-order valence-electron chi connectivity index (χ3n) is 3.92. The van der Waals surface area contributed by atoms with Crippen LogP contribution in [-0.4, -0.2) is 47.3 Å². The summed E-state index contributed by atoms with van der Waals surface area (Å²) in [6.45, 7) is 2.22. The van der Waals surface area contributed by atoms with Crippen LogP contribution in [0.15, 0.2) is 11.2 Å². The molecule has 6 nitrogen and oxygen atoms in total. The number of amides is 1. The van der Waals surface area contributed by atoms with Crippen molar-refractivity contribution in [2.45, 2.75) is 43.4 Å². The summed E-state index contributed by atoms with van der Waals surface area (Å²) in [6.07, 6.45) is -1.93. The highest BCUT2D eigenvalue weighted by molar-refractivity contribution is 7.92. The van der Waals surface area contributed by atoms with Crippen molar-refractivity contribution >= 4 is 15.7 Å². The van der Waals surface area contributed by atoms with Crippen LogP contribution in [0.2, 0.25) is 0 Å². The lowest BCUT2D eigenvalue weighted by atomic mass is 10.0. The standard InChI is InChI=1S/C13H18F3N3O3S/c1-9-5-3-4-6-19(9)11(20)8-23(21,22)12-10(13(14,15)16)7-17-18(12)2/h7,9H,3-6,8H2,1-2H3. The highest BCUT2D eigenvalue weighted by atomic mass is 32.2. The molecule has 1 atom stereocenters. The number of carbonyl (C=O) groups is 1. The van der Waals surface area contributed by atoms with E-state index in [1.807, 2.05) is 0 Å². The van der Waals surface area contributed by atoms with Crippen LogP contribution in [0.4, 0.5) is 13.2 Å². The Morgan fingerprint density at radius 1 is 1.39 bits per heavy atom. The predicted molar refractivity (Wildman–Crippen MR) is 75.3 cm³/mol. The smallest absolute Gasteiger partial charge is 0.339 e. The van der Waals surface area contributed by atoms with E-state index in [2.05, 4.69) is 5.10 Å². The number of nitrogens with zero attached hydrogens (tertiary/aromatic N) is 3. The highest BCUT2D eigenvalue weighted by Crippen LogP contribution is 2.34. The van der Waals surface area contributed by atoms with Gasteiger partial charge in [0.05, 0.1) is 6.20 Å². The van der Waals surface area contributed by atoms with Gasteiger partial charge in [-0.2, -0.15) is 18.3 Å². The highest BCUT2D eigenvalue weighted by Gasteiger charge is 2.41. The zero-order chi connectivity index (χ0) is 17.4. The lowest BCUT2D eigenvalue weighted by Gasteiger charge is -2.33. The van der Waals surface area contributed by atoms with Gasteiger partial charge in [0.15, 0.2) is 5.03 Å². The second kappa shape index (κ2) is 6.14. The second-order valence-corrected chi connectivity index (χ2v) is 7.58. The van der Waals surface area contributed by atoms with Crippen molar-refractivity contribution < 1.29 is 26.4 Å². The third kappa shape index (κ3) is 3.67. The normalized spacial score (nSPS) is 19.9. The number of sulfone groups is 1. The summed E-state index contributed by atoms with van der Waals surface area (Å²) >= 11 is 0. The van der Waals surface area contributed by atoms with Crippen molar-refractivity contribution in [1.82, 2.24) is 14.7 Å². The second-order valence-electron chi connectivity index (χ2n) is 5.68. The molecule has 1 aliphatic heterocycles. The monoisotopic (exact) mass is 353 g/mol. The number of carbonyl (C=O) groups excluding carboxylic acids is 1. The van der Waals surface area contributed by atoms with Crippen LogP contribution in [-0.2, 0) is 27.9 Å². The van der Waals surface area contributed by atoms with Gasteiger partial charge in [0, 0.05) is 19.6 Å². The molecule has 1 amide bonds. The number of alkyl halides is 3. The molecular weight excluding hydrogens is 335 g/mol. The van der Waals surface area contributed by atoms with E-state index in [9.17, 15) is 26.4 Å². The molecule has 0 N–H and O–H groups in total. The first-order chi connectivity index (χ1) is 10.5. The van der Waals surface area contributed by atoms with Gasteiger partial charge in [-0.15, -0.1) is 0 Å². The Bertz CT molecular complexity index is 697. The average Bonchev–Trinajstić information content (AvgIpc) is 2.81. The van der Waals surface area contributed by atoms with E-state index in [-0.39, 0.29) is 6.04 Å². The first-order valence-electron chi connectivity index (χ1n) is 7.15. The van der Waals surface area contributed by atoms with E-state index in [1.54, 1.807) is 6.92 Å². The van der Waals surface area contributed by atoms with Crippen molar-refractivity contribution in [1.29, 1.82) is 0 Å². The average molecular weight is 353 g/mol. The molecule has 1 saturated heterocycles. The first-order valence-corrected chi connectivity index (χ1v) is 8.80. The molecule has 1 fully saturated rings. The van der Waals surface area contributed by atoms with Crippen molar-refractivity contribution in [2.24, 2.45) is 7.05 Å². The molecule has 2 heterocycles. The van der Waals surface area contributed by atoms with Gasteiger partial charge in [0.1, 0.15) is 11.3 Å². The Morgan fingerprint density at radius 2 is 2.04 bits per heavy atom. The van der Waals surface area contributed by atoms with Crippen LogP contribution in [0.3, 0.4) is 0 Å². The minimum absolute atomic E-state index is 0.111. The quantitative estimate of drug-likeness (QED) is 0.828. The molecule has 0 bridgehead atoms. The Balaban J connectivity index is 2.29. The maximum Gasteiger partial charge on any atom is 0.420 e. The molecule has 2 rings (SSSR count). The largest absolute Gasteiger partial charge is 0.420 e. The molecule has 0 aromatic carbocycles. The van der Waals surface area contributed by atoms with Gasteiger partial charge in [0.25, 0.3) is 0 Å². The Kier molecular flexibility index (Phi) is 4.74. The van der Waals surface area contributed by atoms with E-state index in [0.717, 1.165) is 26.3 Å². The SMILES string of the molecule is CC1CCCCN1C(=O)CS(=O)(=O)c1c(C(F)(F)F)cnn1C. The van der Waals surface area contributed by atoms with Crippen LogP contribution < -0.4 is 0 Å². The number of rotatable bonds is 3. The van der Waals surface area contributed by atoms with Gasteiger partial charge in [0.2, 0.25) is 15.7 Å². The lowest BCUT2D eigenvalue weighted by Crippen LogP contribution is -2.44. The first kappa shape index (κ1) is 17.8. The van der Waals surface area contributed by atoms with Crippen molar-refractivity contribution in [3.8, 4) is 0 Å². The maximum absolute atomic E-state index is 12.9. The molecule has 1 aromatic rings. The van der Waals surface area contributed by atoms with Crippen molar-refractivity contribution in [3.63, 3.8) is 0 Å². The van der Waals surface area contributed by atoms with Gasteiger partial charge in [-0.25, -0.2) is 8.42 Å². The predicted octanol–water partition coefficient (Wildman–Crippen LogP) is 1.61. The molecule has 10 heteroatoms. The molecule has 0 saturated carbocycles. The molecular formula is C13H18F3N3O3S.